The average molecular weight is 450 g/mol. The average Bonchev–Trinajstić information content (AvgIpc) is 3.54. The van der Waals surface area contributed by atoms with Gasteiger partial charge >= 0.3 is 0 Å². The maximum absolute atomic E-state index is 12.6. The lowest BCUT2D eigenvalue weighted by atomic mass is 9.98. The molecule has 2 amide bonds. The van der Waals surface area contributed by atoms with Gasteiger partial charge in [0.2, 0.25) is 17.8 Å². The second-order valence-electron chi connectivity index (χ2n) is 8.34. The first-order valence-electron chi connectivity index (χ1n) is 11.0. The minimum Gasteiger partial charge on any atom is -0.493 e. The zero-order valence-corrected chi connectivity index (χ0v) is 18.4. The SMILES string of the molecule is COc1ccc([C@@H]2CC(=O)N(CC(=O)Nc3nc4ccccc4[nH]3)C2)cc1O[C@@H]1CCOC1. The van der Waals surface area contributed by atoms with Gasteiger partial charge in [-0.05, 0) is 29.8 Å². The van der Waals surface area contributed by atoms with Crippen LogP contribution in [0.4, 0.5) is 5.95 Å². The van der Waals surface area contributed by atoms with Crippen molar-refractivity contribution < 1.29 is 23.8 Å². The summed E-state index contributed by atoms with van der Waals surface area (Å²) in [7, 11) is 1.61. The summed E-state index contributed by atoms with van der Waals surface area (Å²) in [5.41, 5.74) is 2.59. The van der Waals surface area contributed by atoms with E-state index in [9.17, 15) is 9.59 Å². The highest BCUT2D eigenvalue weighted by Gasteiger charge is 2.32. The number of fused-ring (bicyclic) bond motifs is 1. The third kappa shape index (κ3) is 4.63. The number of carbonyl (C=O) groups is 2. The number of carbonyl (C=O) groups excluding carboxylic acids is 2. The standard InChI is InChI=1S/C24H26N4O5/c1-31-20-7-6-15(10-21(20)33-17-8-9-32-14-17)16-11-23(30)28(12-16)13-22(29)27-24-25-18-4-2-3-5-19(18)26-24/h2-7,10,16-17H,8-9,11-14H2,1H3,(H2,25,26,27,29)/t16-,17-/m1/s1. The van der Waals surface area contributed by atoms with E-state index in [0.29, 0.717) is 43.6 Å². The van der Waals surface area contributed by atoms with Crippen molar-refractivity contribution in [2.45, 2.75) is 24.9 Å². The van der Waals surface area contributed by atoms with Crippen LogP contribution in [-0.4, -0.2) is 66.2 Å². The summed E-state index contributed by atoms with van der Waals surface area (Å²) in [6.07, 6.45) is 1.18. The number of benzene rings is 2. The third-order valence-electron chi connectivity index (χ3n) is 6.04. The number of anilines is 1. The summed E-state index contributed by atoms with van der Waals surface area (Å²) < 4.78 is 16.9. The molecule has 0 unspecified atom stereocenters. The van der Waals surface area contributed by atoms with Gasteiger partial charge in [0.25, 0.3) is 0 Å². The quantitative estimate of drug-likeness (QED) is 0.573. The largest absolute Gasteiger partial charge is 0.493 e. The summed E-state index contributed by atoms with van der Waals surface area (Å²) in [6, 6.07) is 13.3. The molecular weight excluding hydrogens is 424 g/mol. The van der Waals surface area contributed by atoms with Crippen molar-refractivity contribution in [2.24, 2.45) is 0 Å². The molecule has 0 bridgehead atoms. The highest BCUT2D eigenvalue weighted by Crippen LogP contribution is 2.36. The van der Waals surface area contributed by atoms with Crippen molar-refractivity contribution in [3.05, 3.63) is 48.0 Å². The normalized spacial score (nSPS) is 20.4. The number of nitrogens with zero attached hydrogens (tertiary/aromatic N) is 2. The van der Waals surface area contributed by atoms with Crippen molar-refractivity contribution in [3.8, 4) is 11.5 Å². The van der Waals surface area contributed by atoms with Crippen molar-refractivity contribution in [1.82, 2.24) is 14.9 Å². The number of aromatic amines is 1. The summed E-state index contributed by atoms with van der Waals surface area (Å²) in [4.78, 5) is 34.2. The van der Waals surface area contributed by atoms with Gasteiger partial charge in [-0.3, -0.25) is 14.9 Å². The molecule has 2 atom stereocenters. The predicted octanol–water partition coefficient (Wildman–Crippen LogP) is 2.69. The number of hydrogen-bond acceptors (Lipinski definition) is 6. The van der Waals surface area contributed by atoms with Crippen LogP contribution in [0.25, 0.3) is 11.0 Å². The van der Waals surface area contributed by atoms with E-state index < -0.39 is 0 Å². The molecule has 2 N–H and O–H groups in total. The Morgan fingerprint density at radius 2 is 2.15 bits per heavy atom. The molecule has 3 aromatic rings. The molecule has 2 saturated heterocycles. The van der Waals surface area contributed by atoms with Gasteiger partial charge in [0, 0.05) is 25.3 Å². The van der Waals surface area contributed by atoms with Crippen LogP contribution in [0.15, 0.2) is 42.5 Å². The fourth-order valence-electron chi connectivity index (χ4n) is 4.33. The summed E-state index contributed by atoms with van der Waals surface area (Å²) in [5.74, 6) is 1.31. The number of H-pyrrole nitrogens is 1. The molecule has 0 spiro atoms. The van der Waals surface area contributed by atoms with Crippen molar-refractivity contribution in [3.63, 3.8) is 0 Å². The maximum Gasteiger partial charge on any atom is 0.246 e. The van der Waals surface area contributed by atoms with Crippen LogP contribution in [0.1, 0.15) is 24.3 Å². The Morgan fingerprint density at radius 1 is 1.27 bits per heavy atom. The van der Waals surface area contributed by atoms with Gasteiger partial charge in [-0.25, -0.2) is 4.98 Å². The van der Waals surface area contributed by atoms with Crippen LogP contribution in [0.5, 0.6) is 11.5 Å². The number of imidazole rings is 1. The van der Waals surface area contributed by atoms with E-state index >= 15 is 0 Å². The van der Waals surface area contributed by atoms with Gasteiger partial charge in [0.1, 0.15) is 6.10 Å². The van der Waals surface area contributed by atoms with Crippen LogP contribution >= 0.6 is 0 Å². The number of amides is 2. The van der Waals surface area contributed by atoms with Crippen LogP contribution in [0.3, 0.4) is 0 Å². The predicted molar refractivity (Wildman–Crippen MR) is 122 cm³/mol. The maximum atomic E-state index is 12.6. The monoisotopic (exact) mass is 450 g/mol. The molecule has 0 radical (unpaired) electrons. The van der Waals surface area contributed by atoms with Crippen LogP contribution < -0.4 is 14.8 Å². The lowest BCUT2D eigenvalue weighted by Crippen LogP contribution is -2.34. The highest BCUT2D eigenvalue weighted by molar-refractivity contribution is 5.95. The van der Waals surface area contributed by atoms with E-state index in [4.69, 9.17) is 14.2 Å². The Labute approximate surface area is 191 Å². The van der Waals surface area contributed by atoms with E-state index in [-0.39, 0.29) is 30.4 Å². The van der Waals surface area contributed by atoms with Gasteiger partial charge in [-0.2, -0.15) is 0 Å². The summed E-state index contributed by atoms with van der Waals surface area (Å²) in [6.45, 7) is 1.69. The minimum absolute atomic E-state index is 0.00203. The molecule has 1 aromatic heterocycles. The molecule has 0 aliphatic carbocycles. The molecule has 9 nitrogen and oxygen atoms in total. The van der Waals surface area contributed by atoms with Gasteiger partial charge in [0.05, 0.1) is 37.9 Å². The number of hydrogen-bond donors (Lipinski definition) is 2. The number of ether oxygens (including phenoxy) is 3. The Morgan fingerprint density at radius 3 is 2.94 bits per heavy atom. The van der Waals surface area contributed by atoms with Gasteiger partial charge in [-0.15, -0.1) is 0 Å². The molecule has 9 heteroatoms. The number of nitrogens with one attached hydrogen (secondary N) is 2. The number of methoxy groups -OCH3 is 1. The van der Waals surface area contributed by atoms with Gasteiger partial charge in [-0.1, -0.05) is 18.2 Å². The number of likely N-dealkylation sites (tertiary alicyclic amines) is 1. The molecule has 33 heavy (non-hydrogen) atoms. The number of rotatable bonds is 7. The van der Waals surface area contributed by atoms with Crippen LogP contribution in [-0.2, 0) is 14.3 Å². The number of para-hydroxylation sites is 2. The first-order valence-corrected chi connectivity index (χ1v) is 11.0. The Kier molecular flexibility index (Phi) is 5.87. The van der Waals surface area contributed by atoms with Crippen molar-refractivity contribution >= 4 is 28.8 Å². The van der Waals surface area contributed by atoms with Crippen LogP contribution in [0.2, 0.25) is 0 Å². The van der Waals surface area contributed by atoms with Crippen LogP contribution in [0, 0.1) is 0 Å². The molecular formula is C24H26N4O5. The highest BCUT2D eigenvalue weighted by atomic mass is 16.6. The van der Waals surface area contributed by atoms with E-state index in [1.807, 2.05) is 42.5 Å². The topological polar surface area (TPSA) is 106 Å². The summed E-state index contributed by atoms with van der Waals surface area (Å²) in [5, 5.41) is 2.75. The Bertz CT molecular complexity index is 1140. The second kappa shape index (κ2) is 9.11. The molecule has 2 aromatic carbocycles. The summed E-state index contributed by atoms with van der Waals surface area (Å²) >= 11 is 0. The lowest BCUT2D eigenvalue weighted by molar-refractivity contribution is -0.131. The van der Waals surface area contributed by atoms with Crippen molar-refractivity contribution in [1.29, 1.82) is 0 Å². The zero-order chi connectivity index (χ0) is 22.8. The molecule has 2 fully saturated rings. The third-order valence-corrected chi connectivity index (χ3v) is 6.04. The number of aromatic nitrogens is 2. The first kappa shape index (κ1) is 21.3. The lowest BCUT2D eigenvalue weighted by Gasteiger charge is -2.18. The molecule has 2 aliphatic rings. The van der Waals surface area contributed by atoms with Crippen molar-refractivity contribution in [2.75, 3.05) is 38.7 Å². The van der Waals surface area contributed by atoms with Gasteiger partial charge < -0.3 is 24.1 Å². The van der Waals surface area contributed by atoms with E-state index in [2.05, 4.69) is 15.3 Å². The van der Waals surface area contributed by atoms with E-state index in [0.717, 1.165) is 23.0 Å². The fourth-order valence-corrected chi connectivity index (χ4v) is 4.33. The fraction of sp³-hybridized carbons (Fsp3) is 0.375. The molecule has 3 heterocycles. The minimum atomic E-state index is -0.289. The molecule has 0 saturated carbocycles. The first-order chi connectivity index (χ1) is 16.1. The second-order valence-corrected chi connectivity index (χ2v) is 8.34. The Balaban J connectivity index is 1.23. The molecule has 172 valence electrons. The van der Waals surface area contributed by atoms with E-state index in [1.54, 1.807) is 12.0 Å². The Hall–Kier alpha value is -3.59. The molecule has 2 aliphatic heterocycles. The molecule has 5 rings (SSSR count). The smallest absolute Gasteiger partial charge is 0.246 e. The van der Waals surface area contributed by atoms with E-state index in [1.165, 1.54) is 0 Å². The van der Waals surface area contributed by atoms with Gasteiger partial charge in [0.15, 0.2) is 11.5 Å². The zero-order valence-electron chi connectivity index (χ0n) is 18.4.